The van der Waals surface area contributed by atoms with Gasteiger partial charge in [0.25, 0.3) is 0 Å². The van der Waals surface area contributed by atoms with Crippen LogP contribution in [-0.4, -0.2) is 37.0 Å². The molecule has 0 spiro atoms. The third kappa shape index (κ3) is 3.44. The van der Waals surface area contributed by atoms with Crippen LogP contribution in [-0.2, 0) is 6.42 Å². The number of hydrogen-bond donors (Lipinski definition) is 2. The molecule has 0 aromatic heterocycles. The Morgan fingerprint density at radius 2 is 2.37 bits per heavy atom. The second kappa shape index (κ2) is 5.57. The first-order chi connectivity index (χ1) is 8.95. The summed E-state index contributed by atoms with van der Waals surface area (Å²) in [6.07, 6.45) is 0.771. The molecule has 104 valence electrons. The second-order valence-corrected chi connectivity index (χ2v) is 5.27. The van der Waals surface area contributed by atoms with Gasteiger partial charge in [0.1, 0.15) is 17.7 Å². The minimum Gasteiger partial charge on any atom is -0.488 e. The molecule has 0 aliphatic carbocycles. The van der Waals surface area contributed by atoms with Gasteiger partial charge in [-0.1, -0.05) is 6.92 Å². The monoisotopic (exact) mass is 265 g/mol. The summed E-state index contributed by atoms with van der Waals surface area (Å²) in [6.45, 7) is 3.40. The van der Waals surface area contributed by atoms with Crippen molar-refractivity contribution in [2.24, 2.45) is 11.7 Å². The molecule has 1 aromatic carbocycles. The highest BCUT2D eigenvalue weighted by Crippen LogP contribution is 2.29. The zero-order chi connectivity index (χ0) is 14.0. The number of nitrogens with zero attached hydrogens (tertiary/aromatic N) is 1. The van der Waals surface area contributed by atoms with Crippen molar-refractivity contribution in [3.63, 3.8) is 0 Å². The van der Waals surface area contributed by atoms with E-state index in [4.69, 9.17) is 15.9 Å². The van der Waals surface area contributed by atoms with Crippen LogP contribution in [0.4, 0.5) is 4.39 Å². The van der Waals surface area contributed by atoms with Crippen LogP contribution in [0.1, 0.15) is 12.5 Å². The molecule has 0 saturated carbocycles. The molecule has 0 saturated heterocycles. The van der Waals surface area contributed by atoms with E-state index in [2.05, 4.69) is 4.90 Å². The lowest BCUT2D eigenvalue weighted by Gasteiger charge is -2.23. The first-order valence-corrected chi connectivity index (χ1v) is 6.43. The first-order valence-electron chi connectivity index (χ1n) is 6.43. The van der Waals surface area contributed by atoms with Gasteiger partial charge in [0.15, 0.2) is 0 Å². The van der Waals surface area contributed by atoms with Gasteiger partial charge in [-0.25, -0.2) is 4.39 Å². The highest BCUT2D eigenvalue weighted by molar-refractivity contribution is 5.79. The second-order valence-electron chi connectivity index (χ2n) is 5.27. The largest absolute Gasteiger partial charge is 0.488 e. The molecule has 3 N–H and O–H groups in total. The fraction of sp³-hybridized carbons (Fsp3) is 0.500. The van der Waals surface area contributed by atoms with E-state index in [9.17, 15) is 4.39 Å². The lowest BCUT2D eigenvalue weighted by atomic mass is 10.1. The molecule has 2 unspecified atom stereocenters. The van der Waals surface area contributed by atoms with Crippen molar-refractivity contribution in [2.45, 2.75) is 19.4 Å². The third-order valence-electron chi connectivity index (χ3n) is 3.40. The Bertz CT molecular complexity index is 478. The number of amidine groups is 1. The first kappa shape index (κ1) is 13.8. The van der Waals surface area contributed by atoms with Gasteiger partial charge in [-0.2, -0.15) is 0 Å². The molecule has 0 bridgehead atoms. The third-order valence-corrected chi connectivity index (χ3v) is 3.40. The average molecular weight is 265 g/mol. The van der Waals surface area contributed by atoms with Crippen LogP contribution in [0, 0.1) is 17.1 Å². The predicted molar refractivity (Wildman–Crippen MR) is 73.1 cm³/mol. The van der Waals surface area contributed by atoms with Crippen LogP contribution >= 0.6 is 0 Å². The maximum absolute atomic E-state index is 13.1. The van der Waals surface area contributed by atoms with Crippen molar-refractivity contribution in [3.8, 4) is 5.75 Å². The van der Waals surface area contributed by atoms with E-state index in [1.165, 1.54) is 12.1 Å². The van der Waals surface area contributed by atoms with E-state index in [0.717, 1.165) is 30.8 Å². The molecule has 4 nitrogen and oxygen atoms in total. The highest BCUT2D eigenvalue weighted by atomic mass is 19.1. The minimum atomic E-state index is -0.221. The summed E-state index contributed by atoms with van der Waals surface area (Å²) in [7, 11) is 1.98. The molecule has 0 radical (unpaired) electrons. The molecule has 1 aliphatic heterocycles. The molecular formula is C14H20FN3O. The minimum absolute atomic E-state index is 0.0335. The Hall–Kier alpha value is -1.62. The maximum atomic E-state index is 13.1. The number of rotatable bonds is 5. The summed E-state index contributed by atoms with van der Waals surface area (Å²) in [5.74, 6) is 0.789. The molecule has 5 heteroatoms. The number of hydrogen-bond acceptors (Lipinski definition) is 3. The summed E-state index contributed by atoms with van der Waals surface area (Å²) in [6, 6.07) is 4.64. The van der Waals surface area contributed by atoms with Crippen molar-refractivity contribution < 1.29 is 9.13 Å². The Labute approximate surface area is 112 Å². The van der Waals surface area contributed by atoms with Crippen molar-refractivity contribution in [2.75, 3.05) is 20.1 Å². The number of fused-ring (bicyclic) bond motifs is 1. The smallest absolute Gasteiger partial charge is 0.123 e. The van der Waals surface area contributed by atoms with Crippen LogP contribution in [0.15, 0.2) is 18.2 Å². The zero-order valence-electron chi connectivity index (χ0n) is 11.3. The van der Waals surface area contributed by atoms with E-state index in [0.29, 0.717) is 0 Å². The van der Waals surface area contributed by atoms with Crippen molar-refractivity contribution in [1.82, 2.24) is 4.90 Å². The number of benzene rings is 1. The topological polar surface area (TPSA) is 62.3 Å². The Kier molecular flexibility index (Phi) is 4.04. The number of ether oxygens (including phenoxy) is 1. The van der Waals surface area contributed by atoms with Gasteiger partial charge >= 0.3 is 0 Å². The van der Waals surface area contributed by atoms with Crippen molar-refractivity contribution in [3.05, 3.63) is 29.6 Å². The Morgan fingerprint density at radius 3 is 3.05 bits per heavy atom. The molecule has 1 aromatic rings. The lowest BCUT2D eigenvalue weighted by molar-refractivity contribution is 0.164. The highest BCUT2D eigenvalue weighted by Gasteiger charge is 2.24. The summed E-state index contributed by atoms with van der Waals surface area (Å²) >= 11 is 0. The zero-order valence-corrected chi connectivity index (χ0v) is 11.3. The van der Waals surface area contributed by atoms with Crippen LogP contribution in [0.5, 0.6) is 5.75 Å². The van der Waals surface area contributed by atoms with Gasteiger partial charge < -0.3 is 15.4 Å². The van der Waals surface area contributed by atoms with Crippen molar-refractivity contribution >= 4 is 5.84 Å². The van der Waals surface area contributed by atoms with E-state index >= 15 is 0 Å². The number of nitrogens with one attached hydrogen (secondary N) is 1. The van der Waals surface area contributed by atoms with Crippen LogP contribution in [0.3, 0.4) is 0 Å². The lowest BCUT2D eigenvalue weighted by Crippen LogP contribution is -2.37. The quantitative estimate of drug-likeness (QED) is 0.628. The summed E-state index contributed by atoms with van der Waals surface area (Å²) < 4.78 is 18.9. The molecule has 19 heavy (non-hydrogen) atoms. The normalized spacial score (nSPS) is 19.1. The summed E-state index contributed by atoms with van der Waals surface area (Å²) in [5.41, 5.74) is 6.39. The Balaban J connectivity index is 1.88. The van der Waals surface area contributed by atoms with Gasteiger partial charge in [-0.3, -0.25) is 5.41 Å². The van der Waals surface area contributed by atoms with Crippen LogP contribution in [0.2, 0.25) is 0 Å². The molecule has 2 atom stereocenters. The van der Waals surface area contributed by atoms with Gasteiger partial charge in [0, 0.05) is 31.0 Å². The van der Waals surface area contributed by atoms with Gasteiger partial charge in [-0.05, 0) is 25.2 Å². The SMILES string of the molecule is CC(CN(C)CC1Cc2cc(F)ccc2O1)C(=N)N. The van der Waals surface area contributed by atoms with Crippen LogP contribution < -0.4 is 10.5 Å². The van der Waals surface area contributed by atoms with E-state index in [1.807, 2.05) is 14.0 Å². The molecule has 1 aliphatic rings. The summed E-state index contributed by atoms with van der Waals surface area (Å²) in [5, 5.41) is 7.39. The predicted octanol–water partition coefficient (Wildman–Crippen LogP) is 1.63. The average Bonchev–Trinajstić information content (AvgIpc) is 2.69. The van der Waals surface area contributed by atoms with Crippen molar-refractivity contribution in [1.29, 1.82) is 5.41 Å². The number of likely N-dealkylation sites (N-methyl/N-ethyl adjacent to an activating group) is 1. The Morgan fingerprint density at radius 1 is 1.63 bits per heavy atom. The standard InChI is InChI=1S/C14H20FN3O/c1-9(14(16)17)7-18(2)8-12-6-10-5-11(15)3-4-13(10)19-12/h3-5,9,12H,6-8H2,1-2H3,(H3,16,17). The summed E-state index contributed by atoms with van der Waals surface area (Å²) in [4.78, 5) is 2.10. The molecule has 2 rings (SSSR count). The van der Waals surface area contributed by atoms with E-state index < -0.39 is 0 Å². The number of nitrogens with two attached hydrogens (primary N) is 1. The maximum Gasteiger partial charge on any atom is 0.123 e. The molecule has 0 amide bonds. The molecular weight excluding hydrogens is 245 g/mol. The molecule has 0 fully saturated rings. The fourth-order valence-corrected chi connectivity index (χ4v) is 2.38. The van der Waals surface area contributed by atoms with Gasteiger partial charge in [0.2, 0.25) is 0 Å². The van der Waals surface area contributed by atoms with Gasteiger partial charge in [-0.15, -0.1) is 0 Å². The van der Waals surface area contributed by atoms with E-state index in [-0.39, 0.29) is 23.7 Å². The van der Waals surface area contributed by atoms with Crippen LogP contribution in [0.25, 0.3) is 0 Å². The fourth-order valence-electron chi connectivity index (χ4n) is 2.38. The molecule has 1 heterocycles. The van der Waals surface area contributed by atoms with E-state index in [1.54, 1.807) is 6.07 Å². The van der Waals surface area contributed by atoms with Gasteiger partial charge in [0.05, 0.1) is 5.84 Å². The number of halogens is 1.